The third-order valence-electron chi connectivity index (χ3n) is 4.13. The molecular weight excluding hydrogens is 356 g/mol. The van der Waals surface area contributed by atoms with Gasteiger partial charge >= 0.3 is 0 Å². The molecule has 0 atom stereocenters. The number of aromatic nitrogens is 3. The second-order valence-corrected chi connectivity index (χ2v) is 7.38. The number of nitrogens with zero attached hydrogens (tertiary/aromatic N) is 5. The lowest BCUT2D eigenvalue weighted by Crippen LogP contribution is -2.38. The molecule has 0 bridgehead atoms. The third-order valence-corrected chi connectivity index (χ3v) is 4.95. The molecule has 2 aromatic heterocycles. The average molecular weight is 383 g/mol. The van der Waals surface area contributed by atoms with Crippen molar-refractivity contribution in [3.8, 4) is 5.69 Å². The molecule has 2 heterocycles. The van der Waals surface area contributed by atoms with Crippen LogP contribution in [0.15, 0.2) is 53.1 Å². The standard InChI is InChI=1S/C20H26N6S/c1-4-21-20(25(3)14-18-15-27-16(2)24-18)22-12-10-17-6-8-19(9-7-17)26-13-5-11-23-26/h5-9,11,13,15H,4,10,12,14H2,1-3H3,(H,21,22). The summed E-state index contributed by atoms with van der Waals surface area (Å²) in [5.74, 6) is 0.913. The lowest BCUT2D eigenvalue weighted by atomic mass is 10.1. The van der Waals surface area contributed by atoms with E-state index in [0.29, 0.717) is 0 Å². The summed E-state index contributed by atoms with van der Waals surface area (Å²) < 4.78 is 1.86. The lowest BCUT2D eigenvalue weighted by Gasteiger charge is -2.21. The zero-order valence-electron chi connectivity index (χ0n) is 16.1. The third kappa shape index (κ3) is 5.40. The number of guanidine groups is 1. The van der Waals surface area contributed by atoms with E-state index in [2.05, 4.69) is 63.9 Å². The van der Waals surface area contributed by atoms with E-state index in [4.69, 9.17) is 4.99 Å². The molecule has 0 unspecified atom stereocenters. The van der Waals surface area contributed by atoms with Gasteiger partial charge in [-0.25, -0.2) is 9.67 Å². The van der Waals surface area contributed by atoms with Crippen molar-refractivity contribution in [3.63, 3.8) is 0 Å². The fraction of sp³-hybridized carbons (Fsp3) is 0.350. The van der Waals surface area contributed by atoms with Gasteiger partial charge in [-0.2, -0.15) is 5.10 Å². The van der Waals surface area contributed by atoms with Crippen molar-refractivity contribution in [3.05, 3.63) is 64.4 Å². The number of aliphatic imine (C=N–C) groups is 1. The SMILES string of the molecule is CCNC(=NCCc1ccc(-n2cccn2)cc1)N(C)Cc1csc(C)n1. The second kappa shape index (κ2) is 9.32. The molecule has 0 saturated heterocycles. The van der Waals surface area contributed by atoms with E-state index in [1.165, 1.54) is 5.56 Å². The van der Waals surface area contributed by atoms with Gasteiger partial charge in [0.2, 0.25) is 0 Å². The predicted molar refractivity (Wildman–Crippen MR) is 112 cm³/mol. The van der Waals surface area contributed by atoms with Crippen LogP contribution in [-0.2, 0) is 13.0 Å². The van der Waals surface area contributed by atoms with Gasteiger partial charge in [0.15, 0.2) is 5.96 Å². The maximum Gasteiger partial charge on any atom is 0.194 e. The minimum Gasteiger partial charge on any atom is -0.357 e. The van der Waals surface area contributed by atoms with Gasteiger partial charge in [-0.15, -0.1) is 11.3 Å². The molecule has 7 heteroatoms. The van der Waals surface area contributed by atoms with E-state index in [0.717, 1.165) is 48.4 Å². The van der Waals surface area contributed by atoms with Crippen LogP contribution in [0.5, 0.6) is 0 Å². The van der Waals surface area contributed by atoms with Crippen molar-refractivity contribution < 1.29 is 0 Å². The average Bonchev–Trinajstić information content (AvgIpc) is 3.33. The molecule has 0 amide bonds. The molecule has 0 aliphatic heterocycles. The van der Waals surface area contributed by atoms with Crippen molar-refractivity contribution in [2.75, 3.05) is 20.1 Å². The minimum atomic E-state index is 0.740. The molecule has 0 fully saturated rings. The summed E-state index contributed by atoms with van der Waals surface area (Å²) in [6, 6.07) is 10.4. The predicted octanol–water partition coefficient (Wildman–Crippen LogP) is 3.28. The number of hydrogen-bond acceptors (Lipinski definition) is 4. The quantitative estimate of drug-likeness (QED) is 0.503. The van der Waals surface area contributed by atoms with E-state index in [1.54, 1.807) is 17.5 Å². The Balaban J connectivity index is 1.58. The number of thiazole rings is 1. The number of rotatable bonds is 7. The Hall–Kier alpha value is -2.67. The monoisotopic (exact) mass is 382 g/mol. The van der Waals surface area contributed by atoms with Crippen LogP contribution in [0.1, 0.15) is 23.2 Å². The first-order valence-corrected chi connectivity index (χ1v) is 10.0. The minimum absolute atomic E-state index is 0.740. The lowest BCUT2D eigenvalue weighted by molar-refractivity contribution is 0.471. The van der Waals surface area contributed by atoms with Crippen LogP contribution in [0, 0.1) is 6.92 Å². The van der Waals surface area contributed by atoms with Gasteiger partial charge in [-0.3, -0.25) is 4.99 Å². The Morgan fingerprint density at radius 3 is 2.74 bits per heavy atom. The first-order valence-electron chi connectivity index (χ1n) is 9.15. The van der Waals surface area contributed by atoms with E-state index in [-0.39, 0.29) is 0 Å². The van der Waals surface area contributed by atoms with Crippen LogP contribution in [-0.4, -0.2) is 45.8 Å². The molecule has 1 aromatic carbocycles. The highest BCUT2D eigenvalue weighted by atomic mass is 32.1. The fourth-order valence-electron chi connectivity index (χ4n) is 2.80. The first kappa shape index (κ1) is 19.1. The maximum atomic E-state index is 4.77. The summed E-state index contributed by atoms with van der Waals surface area (Å²) in [5.41, 5.74) is 3.42. The van der Waals surface area contributed by atoms with Crippen LogP contribution < -0.4 is 5.32 Å². The van der Waals surface area contributed by atoms with Crippen LogP contribution in [0.25, 0.3) is 5.69 Å². The summed E-state index contributed by atoms with van der Waals surface area (Å²) in [6.07, 6.45) is 4.63. The molecule has 0 aliphatic carbocycles. The Morgan fingerprint density at radius 1 is 1.30 bits per heavy atom. The molecule has 1 N–H and O–H groups in total. The summed E-state index contributed by atoms with van der Waals surface area (Å²) in [7, 11) is 2.05. The summed E-state index contributed by atoms with van der Waals surface area (Å²) in [5, 5.41) is 10.8. The van der Waals surface area contributed by atoms with E-state index in [9.17, 15) is 0 Å². The van der Waals surface area contributed by atoms with E-state index < -0.39 is 0 Å². The Bertz CT molecular complexity index is 851. The van der Waals surface area contributed by atoms with Gasteiger partial charge in [0.1, 0.15) is 0 Å². The van der Waals surface area contributed by atoms with Crippen molar-refractivity contribution >= 4 is 17.3 Å². The van der Waals surface area contributed by atoms with Gasteiger partial charge in [0.25, 0.3) is 0 Å². The molecule has 0 radical (unpaired) electrons. The summed E-state index contributed by atoms with van der Waals surface area (Å²) in [6.45, 7) is 6.46. The van der Waals surface area contributed by atoms with Gasteiger partial charge in [0.05, 0.1) is 22.9 Å². The highest BCUT2D eigenvalue weighted by Crippen LogP contribution is 2.11. The summed E-state index contributed by atoms with van der Waals surface area (Å²) >= 11 is 1.68. The summed E-state index contributed by atoms with van der Waals surface area (Å²) in [4.78, 5) is 11.4. The first-order chi connectivity index (χ1) is 13.2. The zero-order valence-corrected chi connectivity index (χ0v) is 16.9. The van der Waals surface area contributed by atoms with Crippen LogP contribution >= 0.6 is 11.3 Å². The highest BCUT2D eigenvalue weighted by molar-refractivity contribution is 7.09. The smallest absolute Gasteiger partial charge is 0.194 e. The van der Waals surface area contributed by atoms with Crippen LogP contribution in [0.3, 0.4) is 0 Å². The van der Waals surface area contributed by atoms with Crippen molar-refractivity contribution in [1.29, 1.82) is 0 Å². The molecule has 0 aliphatic rings. The second-order valence-electron chi connectivity index (χ2n) is 6.32. The molecule has 0 saturated carbocycles. The topological polar surface area (TPSA) is 58.3 Å². The molecule has 142 valence electrons. The van der Waals surface area contributed by atoms with Gasteiger partial charge < -0.3 is 10.2 Å². The van der Waals surface area contributed by atoms with Crippen LogP contribution in [0.2, 0.25) is 0 Å². The Kier molecular flexibility index (Phi) is 6.59. The zero-order chi connectivity index (χ0) is 19.1. The van der Waals surface area contributed by atoms with Gasteiger partial charge in [-0.1, -0.05) is 12.1 Å². The molecule has 6 nitrogen and oxygen atoms in total. The number of aryl methyl sites for hydroxylation is 1. The number of nitrogens with one attached hydrogen (secondary N) is 1. The normalized spacial score (nSPS) is 11.6. The maximum absolute atomic E-state index is 4.77. The highest BCUT2D eigenvalue weighted by Gasteiger charge is 2.08. The van der Waals surface area contributed by atoms with E-state index >= 15 is 0 Å². The molecule has 27 heavy (non-hydrogen) atoms. The molecule has 0 spiro atoms. The van der Waals surface area contributed by atoms with Crippen LogP contribution in [0.4, 0.5) is 0 Å². The number of hydrogen-bond donors (Lipinski definition) is 1. The molecule has 3 rings (SSSR count). The van der Waals surface area contributed by atoms with Gasteiger partial charge in [0, 0.05) is 37.9 Å². The largest absolute Gasteiger partial charge is 0.357 e. The fourth-order valence-corrected chi connectivity index (χ4v) is 3.40. The number of benzene rings is 1. The van der Waals surface area contributed by atoms with Crippen molar-refractivity contribution in [1.82, 2.24) is 25.0 Å². The molecule has 3 aromatic rings. The van der Waals surface area contributed by atoms with E-state index in [1.807, 2.05) is 23.9 Å². The Labute approximate surface area is 164 Å². The van der Waals surface area contributed by atoms with Crippen molar-refractivity contribution in [2.24, 2.45) is 4.99 Å². The van der Waals surface area contributed by atoms with Gasteiger partial charge in [-0.05, 0) is 44.0 Å². The molecular formula is C20H26N6S. The van der Waals surface area contributed by atoms with Crippen molar-refractivity contribution in [2.45, 2.75) is 26.8 Å². The Morgan fingerprint density at radius 2 is 2.11 bits per heavy atom.